The van der Waals surface area contributed by atoms with Crippen molar-refractivity contribution in [1.29, 1.82) is 0 Å². The molecule has 0 bridgehead atoms. The Hall–Kier alpha value is -3.58. The normalized spacial score (nSPS) is 21.2. The van der Waals surface area contributed by atoms with E-state index in [9.17, 15) is 24.0 Å². The SMILES string of the molecule is C=C1C[C@@H](C(=O)O)N(C(=O)OC(C)(C)C)C1.C=C1C[C@@H](C(=O)OC)N(C(=O)OC(C)(C)C)C1.C=C1C[NH2+][C@H](C(=O)OC)C1.[Cl-]. The summed E-state index contributed by atoms with van der Waals surface area (Å²) in [7, 11) is 2.72. The summed E-state index contributed by atoms with van der Waals surface area (Å²) in [5.74, 6) is -1.60. The van der Waals surface area contributed by atoms with E-state index in [0.717, 1.165) is 29.7 Å². The number of nitrogens with two attached hydrogens (primary N) is 1. The van der Waals surface area contributed by atoms with Gasteiger partial charge in [0.25, 0.3) is 0 Å². The highest BCUT2D eigenvalue weighted by Gasteiger charge is 2.39. The van der Waals surface area contributed by atoms with Crippen LogP contribution in [-0.2, 0) is 33.3 Å². The summed E-state index contributed by atoms with van der Waals surface area (Å²) in [4.78, 5) is 59.5. The molecule has 3 fully saturated rings. The second-order valence-corrected chi connectivity index (χ2v) is 12.5. The van der Waals surface area contributed by atoms with Gasteiger partial charge < -0.3 is 41.8 Å². The second kappa shape index (κ2) is 17.0. The predicted octanol–water partition coefficient (Wildman–Crippen LogP) is -0.583. The fraction of sp³-hybridized carbons (Fsp3) is 0.633. The molecule has 0 aliphatic carbocycles. The number of likely N-dealkylation sites (tertiary alicyclic amines) is 2. The second-order valence-electron chi connectivity index (χ2n) is 12.5. The number of amides is 2. The molecule has 0 aromatic rings. The number of ether oxygens (including phenoxy) is 4. The molecule has 13 nitrogen and oxygen atoms in total. The van der Waals surface area contributed by atoms with Gasteiger partial charge in [-0.25, -0.2) is 24.0 Å². The van der Waals surface area contributed by atoms with Crippen molar-refractivity contribution in [3.63, 3.8) is 0 Å². The number of aliphatic carboxylic acids is 1. The number of quaternary nitrogens is 1. The van der Waals surface area contributed by atoms with Crippen molar-refractivity contribution >= 4 is 30.1 Å². The van der Waals surface area contributed by atoms with E-state index in [4.69, 9.17) is 14.6 Å². The van der Waals surface area contributed by atoms with Gasteiger partial charge >= 0.3 is 30.1 Å². The number of rotatable bonds is 3. The van der Waals surface area contributed by atoms with Crippen molar-refractivity contribution in [1.82, 2.24) is 9.80 Å². The average Bonchev–Trinajstić information content (AvgIpc) is 3.60. The number of hydrogen-bond acceptors (Lipinski definition) is 9. The summed E-state index contributed by atoms with van der Waals surface area (Å²) < 4.78 is 19.6. The van der Waals surface area contributed by atoms with E-state index < -0.39 is 47.4 Å². The van der Waals surface area contributed by atoms with Gasteiger partial charge in [-0.1, -0.05) is 30.9 Å². The lowest BCUT2D eigenvalue weighted by molar-refractivity contribution is -0.656. The van der Waals surface area contributed by atoms with Crippen LogP contribution in [0.2, 0.25) is 0 Å². The molecule has 0 unspecified atom stereocenters. The molecular formula is C30H48ClN3O10. The number of carboxylic acid groups (broad SMARTS) is 1. The van der Waals surface area contributed by atoms with Crippen LogP contribution in [-0.4, -0.2) is 108 Å². The quantitative estimate of drug-likeness (QED) is 0.230. The van der Waals surface area contributed by atoms with Gasteiger partial charge in [0.2, 0.25) is 0 Å². The number of carboxylic acids is 1. The summed E-state index contributed by atoms with van der Waals surface area (Å²) in [6.45, 7) is 23.3. The third-order valence-electron chi connectivity index (χ3n) is 6.22. The van der Waals surface area contributed by atoms with E-state index in [-0.39, 0.29) is 31.0 Å². The maximum Gasteiger partial charge on any atom is 0.411 e. The largest absolute Gasteiger partial charge is 1.00 e. The summed E-state index contributed by atoms with van der Waals surface area (Å²) >= 11 is 0. The van der Waals surface area contributed by atoms with Gasteiger partial charge in [0, 0.05) is 32.4 Å². The standard InChI is InChI=1S/C12H19NO4.C11H17NO4.C7H11NO2.ClH/c1-8-6-9(10(14)16-5)13(7-8)11(15)17-12(2,3)4;1-7-5-8(9(13)14)12(6-7)10(15)16-11(2,3)4;1-5-3-6(8-4-5)7(9)10-2;/h9H,1,6-7H2,2-5H3;8H,1,5-6H2,2-4H3,(H,13,14);6,8H,1,3-4H2,2H3;1H/t9-;8-;6-;/m000./s1. The molecule has 0 spiro atoms. The van der Waals surface area contributed by atoms with Crippen LogP contribution >= 0.6 is 0 Å². The topological polar surface area (TPSA) is 166 Å². The highest BCUT2D eigenvalue weighted by Crippen LogP contribution is 2.25. The third-order valence-corrected chi connectivity index (χ3v) is 6.22. The molecule has 3 N–H and O–H groups in total. The van der Waals surface area contributed by atoms with Gasteiger partial charge in [0.15, 0.2) is 6.04 Å². The molecular weight excluding hydrogens is 598 g/mol. The van der Waals surface area contributed by atoms with E-state index in [1.54, 1.807) is 41.5 Å². The third kappa shape index (κ3) is 13.4. The Morgan fingerprint density at radius 3 is 1.48 bits per heavy atom. The van der Waals surface area contributed by atoms with E-state index in [1.165, 1.54) is 24.0 Å². The lowest BCUT2D eigenvalue weighted by Gasteiger charge is -2.27. The Labute approximate surface area is 266 Å². The van der Waals surface area contributed by atoms with Crippen LogP contribution in [0.4, 0.5) is 9.59 Å². The van der Waals surface area contributed by atoms with Crippen LogP contribution in [0.5, 0.6) is 0 Å². The summed E-state index contributed by atoms with van der Waals surface area (Å²) in [5.41, 5.74) is 1.48. The Bertz CT molecular complexity index is 1110. The summed E-state index contributed by atoms with van der Waals surface area (Å²) in [5, 5.41) is 10.9. The molecule has 3 atom stereocenters. The zero-order valence-corrected chi connectivity index (χ0v) is 27.8. The molecule has 14 heteroatoms. The molecule has 3 aliphatic rings. The molecule has 3 aliphatic heterocycles. The molecule has 3 heterocycles. The minimum Gasteiger partial charge on any atom is -1.00 e. The van der Waals surface area contributed by atoms with E-state index in [0.29, 0.717) is 19.4 Å². The average molecular weight is 646 g/mol. The monoisotopic (exact) mass is 645 g/mol. The molecule has 0 saturated carbocycles. The van der Waals surface area contributed by atoms with E-state index in [1.807, 2.05) is 5.32 Å². The van der Waals surface area contributed by atoms with Crippen molar-refractivity contribution in [3.8, 4) is 0 Å². The van der Waals surface area contributed by atoms with Crippen LogP contribution in [0.3, 0.4) is 0 Å². The zero-order valence-electron chi connectivity index (χ0n) is 27.1. The van der Waals surface area contributed by atoms with Crippen molar-refractivity contribution < 1.29 is 65.8 Å². The molecule has 3 rings (SSSR count). The first-order valence-corrected chi connectivity index (χ1v) is 13.9. The van der Waals surface area contributed by atoms with E-state index in [2.05, 4.69) is 29.2 Å². The minimum atomic E-state index is -1.02. The molecule has 250 valence electrons. The highest BCUT2D eigenvalue weighted by atomic mass is 35.5. The Balaban J connectivity index is 0.000000643. The Morgan fingerprint density at radius 1 is 0.727 bits per heavy atom. The van der Waals surface area contributed by atoms with Crippen LogP contribution in [0.1, 0.15) is 60.8 Å². The first-order chi connectivity index (χ1) is 19.7. The lowest BCUT2D eigenvalue weighted by atomic mass is 10.2. The predicted molar refractivity (Wildman–Crippen MR) is 157 cm³/mol. The van der Waals surface area contributed by atoms with Crippen LogP contribution < -0.4 is 17.7 Å². The number of hydrogen-bond donors (Lipinski definition) is 2. The number of methoxy groups -OCH3 is 2. The van der Waals surface area contributed by atoms with Gasteiger partial charge in [-0.2, -0.15) is 0 Å². The minimum absolute atomic E-state index is 0. The summed E-state index contributed by atoms with van der Waals surface area (Å²) in [6.07, 6.45) is 0.401. The van der Waals surface area contributed by atoms with Gasteiger partial charge in [-0.05, 0) is 47.1 Å². The summed E-state index contributed by atoms with van der Waals surface area (Å²) in [6, 6.07) is -1.48. The number of esters is 2. The van der Waals surface area contributed by atoms with Gasteiger partial charge in [0.05, 0.1) is 20.8 Å². The first kappa shape index (κ1) is 40.4. The van der Waals surface area contributed by atoms with Gasteiger partial charge in [-0.3, -0.25) is 9.80 Å². The van der Waals surface area contributed by atoms with Crippen LogP contribution in [0.15, 0.2) is 36.5 Å². The van der Waals surface area contributed by atoms with Crippen LogP contribution in [0, 0.1) is 0 Å². The highest BCUT2D eigenvalue weighted by molar-refractivity contribution is 5.83. The number of carbonyl (C=O) groups is 5. The van der Waals surface area contributed by atoms with Crippen LogP contribution in [0.25, 0.3) is 0 Å². The molecule has 2 amide bonds. The molecule has 0 aromatic carbocycles. The number of nitrogens with zero attached hydrogens (tertiary/aromatic N) is 2. The van der Waals surface area contributed by atoms with Crippen molar-refractivity contribution in [2.24, 2.45) is 0 Å². The fourth-order valence-corrected chi connectivity index (χ4v) is 4.31. The molecule has 44 heavy (non-hydrogen) atoms. The smallest absolute Gasteiger partial charge is 0.411 e. The molecule has 0 aromatic heterocycles. The zero-order chi connectivity index (χ0) is 33.3. The number of halogens is 1. The van der Waals surface area contributed by atoms with Crippen molar-refractivity contribution in [2.75, 3.05) is 33.9 Å². The fourth-order valence-electron chi connectivity index (χ4n) is 4.31. The van der Waals surface area contributed by atoms with Crippen molar-refractivity contribution in [3.05, 3.63) is 36.5 Å². The first-order valence-electron chi connectivity index (χ1n) is 13.9. The maximum atomic E-state index is 11.9. The Kier molecular flexibility index (Phi) is 15.7. The molecule has 0 radical (unpaired) electrons. The van der Waals surface area contributed by atoms with Gasteiger partial charge in [-0.15, -0.1) is 0 Å². The van der Waals surface area contributed by atoms with Gasteiger partial charge in [0.1, 0.15) is 23.3 Å². The van der Waals surface area contributed by atoms with Crippen molar-refractivity contribution in [2.45, 2.75) is 90.1 Å². The van der Waals surface area contributed by atoms with E-state index >= 15 is 0 Å². The Morgan fingerprint density at radius 2 is 1.14 bits per heavy atom. The maximum absolute atomic E-state index is 11.9. The number of carbonyl (C=O) groups excluding carboxylic acids is 4. The molecule has 3 saturated heterocycles. The lowest BCUT2D eigenvalue weighted by Crippen LogP contribution is -3.00.